The molecule has 0 saturated carbocycles. The van der Waals surface area contributed by atoms with Crippen LogP contribution in [0.25, 0.3) is 0 Å². The number of aliphatic hydroxyl groups excluding tert-OH is 3. The van der Waals surface area contributed by atoms with Crippen molar-refractivity contribution < 1.29 is 34.7 Å². The third-order valence-corrected chi connectivity index (χ3v) is 5.38. The molecule has 1 aromatic rings. The van der Waals surface area contributed by atoms with Crippen LogP contribution in [0.2, 0.25) is 0 Å². The van der Waals surface area contributed by atoms with E-state index < -0.39 is 40.9 Å². The zero-order valence-electron chi connectivity index (χ0n) is 12.0. The van der Waals surface area contributed by atoms with Crippen LogP contribution in [-0.4, -0.2) is 61.3 Å². The minimum Gasteiger partial charge on any atom is -0.507 e. The van der Waals surface area contributed by atoms with Crippen LogP contribution < -0.4 is 4.74 Å². The third-order valence-electron chi connectivity index (χ3n) is 5.38. The van der Waals surface area contributed by atoms with Gasteiger partial charge in [-0.25, -0.2) is 0 Å². The number of ketones is 1. The Kier molecular flexibility index (Phi) is 2.30. The monoisotopic (exact) mass is 308 g/mol. The lowest BCUT2D eigenvalue weighted by atomic mass is 9.63. The van der Waals surface area contributed by atoms with Gasteiger partial charge in [-0.3, -0.25) is 4.79 Å². The van der Waals surface area contributed by atoms with Crippen LogP contribution in [0.3, 0.4) is 0 Å². The molecule has 1 spiro atoms. The molecular formula is C15H16O7. The van der Waals surface area contributed by atoms with E-state index in [0.717, 1.165) is 0 Å². The Balaban J connectivity index is 2.02. The van der Waals surface area contributed by atoms with E-state index in [-0.39, 0.29) is 17.1 Å². The minimum atomic E-state index is -1.97. The number of hydrogen-bond acceptors (Lipinski definition) is 7. The average molecular weight is 308 g/mol. The molecule has 0 unspecified atom stereocenters. The predicted octanol–water partition coefficient (Wildman–Crippen LogP) is -0.650. The normalized spacial score (nSPS) is 48.8. The summed E-state index contributed by atoms with van der Waals surface area (Å²) in [6.45, 7) is 2.88. The molecule has 7 nitrogen and oxygen atoms in total. The van der Waals surface area contributed by atoms with Crippen molar-refractivity contribution in [2.75, 3.05) is 0 Å². The Morgan fingerprint density at radius 3 is 2.50 bits per heavy atom. The van der Waals surface area contributed by atoms with Crippen molar-refractivity contribution in [3.05, 3.63) is 23.8 Å². The fraction of sp³-hybridized carbons (Fsp3) is 0.533. The van der Waals surface area contributed by atoms with E-state index in [1.807, 2.05) is 0 Å². The van der Waals surface area contributed by atoms with Crippen LogP contribution in [0.1, 0.15) is 24.2 Å². The average Bonchev–Trinajstić information content (AvgIpc) is 2.78. The summed E-state index contributed by atoms with van der Waals surface area (Å²) in [4.78, 5) is 13.0. The van der Waals surface area contributed by atoms with Crippen LogP contribution in [0.15, 0.2) is 18.2 Å². The summed E-state index contributed by atoms with van der Waals surface area (Å²) in [6.07, 6.45) is -4.36. The Morgan fingerprint density at radius 1 is 1.14 bits per heavy atom. The Labute approximate surface area is 125 Å². The molecule has 3 heterocycles. The molecular weight excluding hydrogens is 292 g/mol. The topological polar surface area (TPSA) is 116 Å². The van der Waals surface area contributed by atoms with Crippen molar-refractivity contribution in [3.63, 3.8) is 0 Å². The van der Waals surface area contributed by atoms with Gasteiger partial charge in [-0.2, -0.15) is 0 Å². The molecule has 4 N–H and O–H groups in total. The molecule has 2 saturated heterocycles. The van der Waals surface area contributed by atoms with Gasteiger partial charge in [0.15, 0.2) is 5.60 Å². The molecule has 6 atom stereocenters. The quantitative estimate of drug-likeness (QED) is 0.503. The van der Waals surface area contributed by atoms with Crippen molar-refractivity contribution in [1.29, 1.82) is 0 Å². The highest BCUT2D eigenvalue weighted by atomic mass is 16.6. The number of Topliss-reactive ketones (excluding diaryl/α,β-unsaturated/α-hetero) is 1. The molecule has 0 amide bonds. The van der Waals surface area contributed by atoms with Crippen molar-refractivity contribution in [2.24, 2.45) is 0 Å². The van der Waals surface area contributed by atoms with Crippen molar-refractivity contribution in [2.45, 2.75) is 49.0 Å². The number of hydrogen-bond donors (Lipinski definition) is 4. The van der Waals surface area contributed by atoms with Crippen molar-refractivity contribution >= 4 is 5.78 Å². The van der Waals surface area contributed by atoms with Gasteiger partial charge >= 0.3 is 0 Å². The number of aliphatic hydroxyl groups is 3. The van der Waals surface area contributed by atoms with Crippen LogP contribution >= 0.6 is 0 Å². The van der Waals surface area contributed by atoms with Gasteiger partial charge in [0.05, 0.1) is 0 Å². The SMILES string of the molecule is C[C@@]12O[C@]3(C(=O)c4c(O)cccc4O[C@@]3(C)[C@H]1O)[C@@H](O)[C@H]2O. The summed E-state index contributed by atoms with van der Waals surface area (Å²) in [6, 6.07) is 4.33. The number of fused-ring (bicyclic) bond motifs is 2. The number of rotatable bonds is 0. The fourth-order valence-electron chi connectivity index (χ4n) is 4.15. The van der Waals surface area contributed by atoms with Crippen molar-refractivity contribution in [1.82, 2.24) is 0 Å². The molecule has 3 aliphatic rings. The summed E-state index contributed by atoms with van der Waals surface area (Å²) >= 11 is 0. The van der Waals surface area contributed by atoms with Crippen molar-refractivity contribution in [3.8, 4) is 11.5 Å². The Bertz CT molecular complexity index is 703. The zero-order chi connectivity index (χ0) is 16.1. The van der Waals surface area contributed by atoms with E-state index in [4.69, 9.17) is 9.47 Å². The lowest BCUT2D eigenvalue weighted by Gasteiger charge is -2.49. The number of phenols is 1. The standard InChI is InChI=1S/C15H16O7/c1-13-10(18)11(19)15(22-13)9(17)8-6(16)4-3-5-7(8)21-14(15,2)12(13)20/h3-5,10-12,16,18-20H,1-2H3/t10-,11+,12+,13+,14+,15-/m1/s1. The second kappa shape index (κ2) is 3.62. The molecule has 0 radical (unpaired) electrons. The first kappa shape index (κ1) is 14.0. The number of carbonyl (C=O) groups is 1. The zero-order valence-corrected chi connectivity index (χ0v) is 12.0. The molecule has 7 heteroatoms. The molecule has 4 rings (SSSR count). The number of carbonyl (C=O) groups excluding carboxylic acids is 1. The molecule has 118 valence electrons. The van der Waals surface area contributed by atoms with Gasteiger partial charge in [-0.1, -0.05) is 6.07 Å². The highest BCUT2D eigenvalue weighted by Gasteiger charge is 2.85. The smallest absolute Gasteiger partial charge is 0.209 e. The molecule has 0 aromatic heterocycles. The lowest BCUT2D eigenvalue weighted by Crippen LogP contribution is -2.75. The first-order chi connectivity index (χ1) is 10.2. The van der Waals surface area contributed by atoms with Crippen LogP contribution in [0.5, 0.6) is 11.5 Å². The van der Waals surface area contributed by atoms with Crippen LogP contribution in [0.4, 0.5) is 0 Å². The summed E-state index contributed by atoms with van der Waals surface area (Å²) < 4.78 is 11.5. The second-order valence-electron chi connectivity index (χ2n) is 6.50. The van der Waals surface area contributed by atoms with Crippen LogP contribution in [0, 0.1) is 0 Å². The van der Waals surface area contributed by atoms with E-state index in [1.54, 1.807) is 0 Å². The van der Waals surface area contributed by atoms with Gasteiger partial charge < -0.3 is 29.9 Å². The molecule has 3 aliphatic heterocycles. The lowest BCUT2D eigenvalue weighted by molar-refractivity contribution is -0.160. The Morgan fingerprint density at radius 2 is 1.82 bits per heavy atom. The maximum Gasteiger partial charge on any atom is 0.209 e. The number of ether oxygens (including phenoxy) is 2. The molecule has 0 aliphatic carbocycles. The molecule has 22 heavy (non-hydrogen) atoms. The van der Waals surface area contributed by atoms with Gasteiger partial charge in [-0.15, -0.1) is 0 Å². The van der Waals surface area contributed by atoms with Gasteiger partial charge in [-0.05, 0) is 26.0 Å². The second-order valence-corrected chi connectivity index (χ2v) is 6.50. The molecule has 1 aromatic carbocycles. The van der Waals surface area contributed by atoms with E-state index in [2.05, 4.69) is 0 Å². The van der Waals surface area contributed by atoms with Gasteiger partial charge in [0.1, 0.15) is 41.0 Å². The third kappa shape index (κ3) is 1.11. The summed E-state index contributed by atoms with van der Waals surface area (Å²) in [7, 11) is 0. The van der Waals surface area contributed by atoms with Gasteiger partial charge in [0.25, 0.3) is 0 Å². The van der Waals surface area contributed by atoms with E-state index in [9.17, 15) is 25.2 Å². The van der Waals surface area contributed by atoms with E-state index in [0.29, 0.717) is 0 Å². The molecule has 2 fully saturated rings. The maximum atomic E-state index is 13.0. The Hall–Kier alpha value is -1.67. The maximum absolute atomic E-state index is 13.0. The minimum absolute atomic E-state index is 0.110. The summed E-state index contributed by atoms with van der Waals surface area (Å²) in [5, 5.41) is 41.2. The van der Waals surface area contributed by atoms with Gasteiger partial charge in [0.2, 0.25) is 11.4 Å². The van der Waals surface area contributed by atoms with Crippen LogP contribution in [-0.2, 0) is 4.74 Å². The predicted molar refractivity (Wildman–Crippen MR) is 71.7 cm³/mol. The van der Waals surface area contributed by atoms with Gasteiger partial charge in [0, 0.05) is 0 Å². The fourth-order valence-corrected chi connectivity index (χ4v) is 4.15. The highest BCUT2D eigenvalue weighted by molar-refractivity contribution is 6.10. The number of aromatic hydroxyl groups is 1. The number of benzene rings is 1. The first-order valence-electron chi connectivity index (χ1n) is 7.00. The summed E-state index contributed by atoms with van der Waals surface area (Å²) in [5.74, 6) is -0.904. The number of phenolic OH excluding ortho intramolecular Hbond substituents is 1. The first-order valence-corrected chi connectivity index (χ1v) is 7.00. The highest BCUT2D eigenvalue weighted by Crippen LogP contribution is 2.61. The van der Waals surface area contributed by atoms with E-state index in [1.165, 1.54) is 32.0 Å². The van der Waals surface area contributed by atoms with E-state index >= 15 is 0 Å². The molecule has 2 bridgehead atoms. The summed E-state index contributed by atoms with van der Waals surface area (Å²) in [5.41, 5.74) is -5.20. The largest absolute Gasteiger partial charge is 0.507 e.